The van der Waals surface area contributed by atoms with E-state index in [0.717, 1.165) is 19.3 Å². The van der Waals surface area contributed by atoms with Gasteiger partial charge >= 0.3 is 0 Å². The van der Waals surface area contributed by atoms with Crippen molar-refractivity contribution in [3.63, 3.8) is 0 Å². The maximum atomic E-state index is 12.1. The number of anilines is 1. The summed E-state index contributed by atoms with van der Waals surface area (Å²) in [7, 11) is 0. The summed E-state index contributed by atoms with van der Waals surface area (Å²) in [4.78, 5) is 23.4. The molecule has 0 atom stereocenters. The van der Waals surface area contributed by atoms with Gasteiger partial charge in [-0.1, -0.05) is 25.8 Å². The Kier molecular flexibility index (Phi) is 4.39. The molecule has 1 aromatic rings. The molecule has 5 heteroatoms. The highest BCUT2D eigenvalue weighted by atomic mass is 16.5. The summed E-state index contributed by atoms with van der Waals surface area (Å²) in [5.74, 6) is 0.123. The van der Waals surface area contributed by atoms with Gasteiger partial charge in [0.05, 0.1) is 11.3 Å². The van der Waals surface area contributed by atoms with Crippen molar-refractivity contribution in [2.45, 2.75) is 26.2 Å². The molecule has 0 bridgehead atoms. The maximum absolute atomic E-state index is 12.1. The fourth-order valence-electron chi connectivity index (χ4n) is 1.96. The lowest BCUT2D eigenvalue weighted by Crippen LogP contribution is -2.30. The Morgan fingerprint density at radius 2 is 2.26 bits per heavy atom. The molecule has 0 saturated carbocycles. The molecule has 1 heterocycles. The Hall–Kier alpha value is -2.04. The van der Waals surface area contributed by atoms with Crippen molar-refractivity contribution in [1.29, 1.82) is 0 Å². The maximum Gasteiger partial charge on any atom is 0.262 e. The first-order valence-electron chi connectivity index (χ1n) is 6.56. The predicted octanol–water partition coefficient (Wildman–Crippen LogP) is 1.94. The molecule has 5 nitrogen and oxygen atoms in total. The lowest BCUT2D eigenvalue weighted by atomic mass is 10.1. The van der Waals surface area contributed by atoms with E-state index >= 15 is 0 Å². The molecule has 0 saturated heterocycles. The highest BCUT2D eigenvalue weighted by Gasteiger charge is 2.21. The zero-order chi connectivity index (χ0) is 13.7. The van der Waals surface area contributed by atoms with Crippen LogP contribution in [0, 0.1) is 0 Å². The summed E-state index contributed by atoms with van der Waals surface area (Å²) in [5.41, 5.74) is 0.911. The Bertz CT molecular complexity index is 486. The Balaban J connectivity index is 2.07. The van der Waals surface area contributed by atoms with Crippen molar-refractivity contribution in [3.8, 4) is 5.75 Å². The Labute approximate surface area is 112 Å². The summed E-state index contributed by atoms with van der Waals surface area (Å²) >= 11 is 0. The van der Waals surface area contributed by atoms with E-state index in [0.29, 0.717) is 23.5 Å². The average Bonchev–Trinajstić information content (AvgIpc) is 2.42. The van der Waals surface area contributed by atoms with Crippen LogP contribution in [0.15, 0.2) is 18.2 Å². The normalized spacial score (nSPS) is 13.2. The van der Waals surface area contributed by atoms with Crippen molar-refractivity contribution in [2.24, 2.45) is 0 Å². The molecule has 0 unspecified atom stereocenters. The number of benzene rings is 1. The number of rotatable bonds is 5. The van der Waals surface area contributed by atoms with Gasteiger partial charge in [-0.05, 0) is 18.6 Å². The minimum Gasteiger partial charge on any atom is -0.482 e. The van der Waals surface area contributed by atoms with Gasteiger partial charge in [-0.3, -0.25) is 9.59 Å². The number of hydrogen-bond acceptors (Lipinski definition) is 3. The van der Waals surface area contributed by atoms with E-state index in [2.05, 4.69) is 17.6 Å². The Morgan fingerprint density at radius 3 is 3.05 bits per heavy atom. The van der Waals surface area contributed by atoms with Gasteiger partial charge in [-0.25, -0.2) is 0 Å². The van der Waals surface area contributed by atoms with E-state index in [9.17, 15) is 9.59 Å². The van der Waals surface area contributed by atoms with E-state index in [4.69, 9.17) is 4.74 Å². The molecule has 2 amide bonds. The summed E-state index contributed by atoms with van der Waals surface area (Å²) in [6, 6.07) is 5.17. The highest BCUT2D eigenvalue weighted by molar-refractivity contribution is 6.06. The van der Waals surface area contributed by atoms with E-state index in [1.807, 2.05) is 0 Å². The third kappa shape index (κ3) is 3.24. The molecule has 1 aliphatic heterocycles. The Morgan fingerprint density at radius 1 is 1.42 bits per heavy atom. The first-order chi connectivity index (χ1) is 9.22. The molecular weight excluding hydrogens is 244 g/mol. The molecule has 102 valence electrons. The molecule has 0 aliphatic carbocycles. The van der Waals surface area contributed by atoms with Crippen LogP contribution in [0.4, 0.5) is 5.69 Å². The van der Waals surface area contributed by atoms with Crippen molar-refractivity contribution >= 4 is 17.5 Å². The number of fused-ring (bicyclic) bond motifs is 1. The van der Waals surface area contributed by atoms with Crippen LogP contribution in [0.3, 0.4) is 0 Å². The minimum atomic E-state index is -0.237. The topological polar surface area (TPSA) is 67.4 Å². The summed E-state index contributed by atoms with van der Waals surface area (Å²) in [5, 5.41) is 5.54. The molecule has 2 N–H and O–H groups in total. The summed E-state index contributed by atoms with van der Waals surface area (Å²) in [6.45, 7) is 2.75. The number of amides is 2. The molecule has 2 rings (SSSR count). The van der Waals surface area contributed by atoms with Gasteiger partial charge in [0.25, 0.3) is 11.8 Å². The van der Waals surface area contributed by atoms with Crippen LogP contribution in [-0.2, 0) is 4.79 Å². The number of carbonyl (C=O) groups is 2. The summed E-state index contributed by atoms with van der Waals surface area (Å²) in [6.07, 6.45) is 3.16. The second kappa shape index (κ2) is 6.22. The average molecular weight is 262 g/mol. The van der Waals surface area contributed by atoms with Gasteiger partial charge in [0, 0.05) is 6.54 Å². The summed E-state index contributed by atoms with van der Waals surface area (Å²) < 4.78 is 5.28. The van der Waals surface area contributed by atoms with E-state index in [1.54, 1.807) is 18.2 Å². The number of unbranched alkanes of at least 4 members (excludes halogenated alkanes) is 2. The van der Waals surface area contributed by atoms with Crippen LogP contribution < -0.4 is 15.4 Å². The third-order valence-corrected chi connectivity index (χ3v) is 2.96. The fraction of sp³-hybridized carbons (Fsp3) is 0.429. The van der Waals surface area contributed by atoms with Gasteiger partial charge in [0.1, 0.15) is 5.75 Å². The zero-order valence-corrected chi connectivity index (χ0v) is 11.0. The monoisotopic (exact) mass is 262 g/mol. The molecule has 1 aromatic carbocycles. The third-order valence-electron chi connectivity index (χ3n) is 2.96. The largest absolute Gasteiger partial charge is 0.482 e. The van der Waals surface area contributed by atoms with Crippen LogP contribution in [0.1, 0.15) is 36.5 Å². The van der Waals surface area contributed by atoms with Crippen molar-refractivity contribution in [2.75, 3.05) is 18.5 Å². The van der Waals surface area contributed by atoms with Gasteiger partial charge in [0.2, 0.25) is 0 Å². The number of ether oxygens (including phenoxy) is 1. The molecule has 0 fully saturated rings. The molecule has 0 radical (unpaired) electrons. The standard InChI is InChI=1S/C14H18N2O3/c1-2-3-4-8-15-14(18)10-6-5-7-11-13(10)16-12(17)9-19-11/h5-7H,2-4,8-9H2,1H3,(H,15,18)(H,16,17). The van der Waals surface area contributed by atoms with Crippen molar-refractivity contribution < 1.29 is 14.3 Å². The predicted molar refractivity (Wildman–Crippen MR) is 72.4 cm³/mol. The fourth-order valence-corrected chi connectivity index (χ4v) is 1.96. The van der Waals surface area contributed by atoms with Crippen LogP contribution in [0.5, 0.6) is 5.75 Å². The van der Waals surface area contributed by atoms with Crippen LogP contribution in [0.25, 0.3) is 0 Å². The smallest absolute Gasteiger partial charge is 0.262 e. The van der Waals surface area contributed by atoms with E-state index in [1.165, 1.54) is 0 Å². The van der Waals surface area contributed by atoms with Crippen molar-refractivity contribution in [1.82, 2.24) is 5.32 Å². The van der Waals surface area contributed by atoms with E-state index in [-0.39, 0.29) is 18.4 Å². The van der Waals surface area contributed by atoms with Crippen LogP contribution >= 0.6 is 0 Å². The van der Waals surface area contributed by atoms with Crippen LogP contribution in [-0.4, -0.2) is 25.0 Å². The second-order valence-electron chi connectivity index (χ2n) is 4.48. The molecule has 0 aromatic heterocycles. The first-order valence-corrected chi connectivity index (χ1v) is 6.56. The number of nitrogens with one attached hydrogen (secondary N) is 2. The quantitative estimate of drug-likeness (QED) is 0.797. The molecule has 0 spiro atoms. The molecular formula is C14H18N2O3. The molecule has 19 heavy (non-hydrogen) atoms. The number of carbonyl (C=O) groups excluding carboxylic acids is 2. The van der Waals surface area contributed by atoms with Gasteiger partial charge < -0.3 is 15.4 Å². The van der Waals surface area contributed by atoms with E-state index < -0.39 is 0 Å². The highest BCUT2D eigenvalue weighted by Crippen LogP contribution is 2.30. The van der Waals surface area contributed by atoms with Gasteiger partial charge in [-0.2, -0.15) is 0 Å². The molecule has 1 aliphatic rings. The second-order valence-corrected chi connectivity index (χ2v) is 4.48. The van der Waals surface area contributed by atoms with Crippen LogP contribution in [0.2, 0.25) is 0 Å². The van der Waals surface area contributed by atoms with Crippen molar-refractivity contribution in [3.05, 3.63) is 23.8 Å². The number of hydrogen-bond donors (Lipinski definition) is 2. The lowest BCUT2D eigenvalue weighted by Gasteiger charge is -2.20. The minimum absolute atomic E-state index is 0.00538. The first kappa shape index (κ1) is 13.4. The zero-order valence-electron chi connectivity index (χ0n) is 11.0. The van der Waals surface area contributed by atoms with Gasteiger partial charge in [0.15, 0.2) is 6.61 Å². The number of para-hydroxylation sites is 1. The SMILES string of the molecule is CCCCCNC(=O)c1cccc2c1NC(=O)CO2. The van der Waals surface area contributed by atoms with Gasteiger partial charge in [-0.15, -0.1) is 0 Å². The lowest BCUT2D eigenvalue weighted by molar-refractivity contribution is -0.118.